The van der Waals surface area contributed by atoms with E-state index in [1.165, 1.54) is 0 Å². The van der Waals surface area contributed by atoms with Crippen molar-refractivity contribution in [3.05, 3.63) is 0 Å². The zero-order valence-electron chi connectivity index (χ0n) is 11.0. The number of carbonyl (C=O) groups is 1. The summed E-state index contributed by atoms with van der Waals surface area (Å²) in [5, 5.41) is 12.3. The van der Waals surface area contributed by atoms with Crippen molar-refractivity contribution < 1.29 is 9.53 Å². The molecule has 1 saturated heterocycles. The van der Waals surface area contributed by atoms with E-state index in [1.807, 2.05) is 20.8 Å². The zero-order chi connectivity index (χ0) is 12.9. The Balaban J connectivity index is 2.73. The molecule has 0 spiro atoms. The van der Waals surface area contributed by atoms with Gasteiger partial charge in [-0.15, -0.1) is 0 Å². The van der Waals surface area contributed by atoms with E-state index in [9.17, 15) is 10.1 Å². The van der Waals surface area contributed by atoms with Crippen molar-refractivity contribution in [3.63, 3.8) is 0 Å². The quantitative estimate of drug-likeness (QED) is 0.814. The van der Waals surface area contributed by atoms with Crippen LogP contribution >= 0.6 is 0 Å². The maximum atomic E-state index is 12.3. The lowest BCUT2D eigenvalue weighted by Crippen LogP contribution is -2.54. The van der Waals surface area contributed by atoms with Crippen LogP contribution < -0.4 is 5.32 Å². The van der Waals surface area contributed by atoms with Crippen molar-refractivity contribution in [1.29, 1.82) is 5.26 Å². The van der Waals surface area contributed by atoms with Crippen LogP contribution in [0.25, 0.3) is 0 Å². The third kappa shape index (κ3) is 2.98. The highest BCUT2D eigenvalue weighted by atomic mass is 16.5. The van der Waals surface area contributed by atoms with E-state index in [0.29, 0.717) is 26.1 Å². The topological polar surface area (TPSA) is 62.1 Å². The number of carbonyl (C=O) groups excluding carboxylic acids is 1. The van der Waals surface area contributed by atoms with Gasteiger partial charge in [0.05, 0.1) is 6.07 Å². The Kier molecular flexibility index (Phi) is 4.53. The van der Waals surface area contributed by atoms with Gasteiger partial charge in [0.15, 0.2) is 0 Å². The molecule has 1 heterocycles. The van der Waals surface area contributed by atoms with Gasteiger partial charge in [0.2, 0.25) is 5.91 Å². The smallest absolute Gasteiger partial charge is 0.240 e. The van der Waals surface area contributed by atoms with Gasteiger partial charge in [-0.2, -0.15) is 5.26 Å². The molecule has 0 aromatic carbocycles. The minimum atomic E-state index is -0.874. The zero-order valence-corrected chi connectivity index (χ0v) is 11.0. The molecule has 0 atom stereocenters. The summed E-state index contributed by atoms with van der Waals surface area (Å²) in [4.78, 5) is 12.3. The van der Waals surface area contributed by atoms with Crippen LogP contribution in [0, 0.1) is 16.7 Å². The number of nitrogens with zero attached hydrogens (tertiary/aromatic N) is 1. The number of ether oxygens (including phenoxy) is 1. The summed E-state index contributed by atoms with van der Waals surface area (Å²) in [5.41, 5.74) is -1.09. The van der Waals surface area contributed by atoms with E-state index in [0.717, 1.165) is 12.8 Å². The van der Waals surface area contributed by atoms with Crippen molar-refractivity contribution in [1.82, 2.24) is 5.32 Å². The van der Waals surface area contributed by atoms with Gasteiger partial charge in [-0.25, -0.2) is 0 Å². The average Bonchev–Trinajstić information content (AvgIpc) is 2.32. The first-order valence-electron chi connectivity index (χ1n) is 6.33. The molecule has 0 unspecified atom stereocenters. The summed E-state index contributed by atoms with van der Waals surface area (Å²) < 4.78 is 5.29. The highest BCUT2D eigenvalue weighted by Gasteiger charge is 2.39. The molecule has 0 aromatic rings. The molecule has 4 heteroatoms. The molecule has 0 radical (unpaired) electrons. The minimum Gasteiger partial charge on any atom is -0.381 e. The normalized spacial score (nSPS) is 19.4. The Bertz CT molecular complexity index is 310. The van der Waals surface area contributed by atoms with Crippen LogP contribution in [-0.4, -0.2) is 24.7 Å². The van der Waals surface area contributed by atoms with Crippen LogP contribution in [0.1, 0.15) is 46.5 Å². The first-order chi connectivity index (χ1) is 8.02. The molecule has 0 bridgehead atoms. The lowest BCUT2D eigenvalue weighted by molar-refractivity contribution is -0.131. The molecule has 96 valence electrons. The fourth-order valence-corrected chi connectivity index (χ4v) is 2.12. The van der Waals surface area contributed by atoms with Crippen molar-refractivity contribution in [2.45, 2.75) is 52.0 Å². The number of nitrogens with one attached hydrogen (secondary N) is 1. The number of nitriles is 1. The Hall–Kier alpha value is -1.08. The summed E-state index contributed by atoms with van der Waals surface area (Å²) >= 11 is 0. The lowest BCUT2D eigenvalue weighted by Gasteiger charge is -2.37. The van der Waals surface area contributed by atoms with Gasteiger partial charge in [-0.05, 0) is 32.6 Å². The van der Waals surface area contributed by atoms with Gasteiger partial charge in [0.1, 0.15) is 5.41 Å². The molecular formula is C13H22N2O2. The third-order valence-corrected chi connectivity index (χ3v) is 3.87. The number of rotatable bonds is 4. The van der Waals surface area contributed by atoms with E-state index in [1.54, 1.807) is 0 Å². The number of amides is 1. The second-order valence-electron chi connectivity index (χ2n) is 5.03. The lowest BCUT2D eigenvalue weighted by atomic mass is 9.81. The SMILES string of the molecule is CCC(C#N)(CC)C(=O)NC1(C)CCOCC1. The van der Waals surface area contributed by atoms with Crippen molar-refractivity contribution >= 4 is 5.91 Å². The van der Waals surface area contributed by atoms with Crippen LogP contribution in [0.4, 0.5) is 0 Å². The van der Waals surface area contributed by atoms with Crippen LogP contribution in [0.3, 0.4) is 0 Å². The fraction of sp³-hybridized carbons (Fsp3) is 0.846. The highest BCUT2D eigenvalue weighted by Crippen LogP contribution is 2.28. The van der Waals surface area contributed by atoms with Crippen LogP contribution in [-0.2, 0) is 9.53 Å². The Morgan fingerprint density at radius 3 is 2.35 bits per heavy atom. The highest BCUT2D eigenvalue weighted by molar-refractivity contribution is 5.85. The van der Waals surface area contributed by atoms with Crippen LogP contribution in [0.5, 0.6) is 0 Å². The molecule has 0 aliphatic carbocycles. The molecule has 4 nitrogen and oxygen atoms in total. The molecular weight excluding hydrogens is 216 g/mol. The molecule has 17 heavy (non-hydrogen) atoms. The predicted octanol–water partition coefficient (Wildman–Crippen LogP) is 2.00. The van der Waals surface area contributed by atoms with Gasteiger partial charge < -0.3 is 10.1 Å². The third-order valence-electron chi connectivity index (χ3n) is 3.87. The van der Waals surface area contributed by atoms with Gasteiger partial charge in [0, 0.05) is 18.8 Å². The molecule has 1 N–H and O–H groups in total. The van der Waals surface area contributed by atoms with Crippen molar-refractivity contribution in [2.75, 3.05) is 13.2 Å². The Labute approximate surface area is 103 Å². The molecule has 1 rings (SSSR count). The van der Waals surface area contributed by atoms with Gasteiger partial charge in [-0.3, -0.25) is 4.79 Å². The van der Waals surface area contributed by atoms with Crippen molar-refractivity contribution in [3.8, 4) is 6.07 Å². The largest absolute Gasteiger partial charge is 0.381 e. The molecule has 1 aliphatic rings. The van der Waals surface area contributed by atoms with E-state index < -0.39 is 5.41 Å². The maximum Gasteiger partial charge on any atom is 0.240 e. The summed E-state index contributed by atoms with van der Waals surface area (Å²) in [6, 6.07) is 2.18. The van der Waals surface area contributed by atoms with E-state index in [4.69, 9.17) is 4.74 Å². The average molecular weight is 238 g/mol. The van der Waals surface area contributed by atoms with Gasteiger partial charge >= 0.3 is 0 Å². The van der Waals surface area contributed by atoms with Crippen LogP contribution in [0.2, 0.25) is 0 Å². The van der Waals surface area contributed by atoms with Crippen molar-refractivity contribution in [2.24, 2.45) is 5.41 Å². The second-order valence-corrected chi connectivity index (χ2v) is 5.03. The molecule has 1 aliphatic heterocycles. The number of hydrogen-bond donors (Lipinski definition) is 1. The molecule has 1 fully saturated rings. The summed E-state index contributed by atoms with van der Waals surface area (Å²) in [7, 11) is 0. The first kappa shape index (κ1) is 14.0. The van der Waals surface area contributed by atoms with Gasteiger partial charge in [0.25, 0.3) is 0 Å². The maximum absolute atomic E-state index is 12.3. The van der Waals surface area contributed by atoms with Gasteiger partial charge in [-0.1, -0.05) is 13.8 Å². The monoisotopic (exact) mass is 238 g/mol. The first-order valence-corrected chi connectivity index (χ1v) is 6.33. The summed E-state index contributed by atoms with van der Waals surface area (Å²) in [5.74, 6) is -0.130. The second kappa shape index (κ2) is 5.50. The number of hydrogen-bond acceptors (Lipinski definition) is 3. The molecule has 0 aromatic heterocycles. The van der Waals surface area contributed by atoms with Crippen LogP contribution in [0.15, 0.2) is 0 Å². The van der Waals surface area contributed by atoms with E-state index in [2.05, 4.69) is 11.4 Å². The molecule has 1 amide bonds. The van der Waals surface area contributed by atoms with E-state index >= 15 is 0 Å². The summed E-state index contributed by atoms with van der Waals surface area (Å²) in [6.07, 6.45) is 2.73. The minimum absolute atomic E-state index is 0.130. The fourth-order valence-electron chi connectivity index (χ4n) is 2.12. The predicted molar refractivity (Wildman–Crippen MR) is 65.2 cm³/mol. The standard InChI is InChI=1S/C13H22N2O2/c1-4-13(5-2,10-14)11(16)15-12(3)6-8-17-9-7-12/h4-9H2,1-3H3,(H,15,16). The van der Waals surface area contributed by atoms with E-state index in [-0.39, 0.29) is 11.4 Å². The Morgan fingerprint density at radius 2 is 1.94 bits per heavy atom. The summed E-state index contributed by atoms with van der Waals surface area (Å²) in [6.45, 7) is 7.15. The Morgan fingerprint density at radius 1 is 1.41 bits per heavy atom. The molecule has 0 saturated carbocycles.